The lowest BCUT2D eigenvalue weighted by Gasteiger charge is -2.08. The van der Waals surface area contributed by atoms with E-state index in [-0.39, 0.29) is 5.57 Å². The van der Waals surface area contributed by atoms with E-state index >= 15 is 0 Å². The summed E-state index contributed by atoms with van der Waals surface area (Å²) in [7, 11) is 3.68. The Bertz CT molecular complexity index is 800. The van der Waals surface area contributed by atoms with Gasteiger partial charge < -0.3 is 14.6 Å². The Balaban J connectivity index is 2.22. The minimum atomic E-state index is -0.513. The van der Waals surface area contributed by atoms with E-state index in [2.05, 4.69) is 5.32 Å². The third-order valence-corrected chi connectivity index (χ3v) is 3.39. The van der Waals surface area contributed by atoms with Crippen molar-refractivity contribution in [3.05, 3.63) is 52.3 Å². The molecule has 1 amide bonds. The molecule has 0 aliphatic rings. The van der Waals surface area contributed by atoms with Crippen molar-refractivity contribution >= 4 is 35.2 Å². The second-order valence-electron chi connectivity index (χ2n) is 5.15. The van der Waals surface area contributed by atoms with Gasteiger partial charge in [-0.15, -0.1) is 0 Å². The number of nitrogens with one attached hydrogen (secondary N) is 1. The smallest absolute Gasteiger partial charge is 0.266 e. The normalized spacial score (nSPS) is 11.0. The Morgan fingerprint density at radius 2 is 2.09 bits per heavy atom. The predicted octanol–water partition coefficient (Wildman–Crippen LogP) is 3.85. The van der Waals surface area contributed by atoms with Crippen LogP contribution in [0, 0.1) is 18.3 Å². The Morgan fingerprint density at radius 3 is 2.70 bits per heavy atom. The van der Waals surface area contributed by atoms with Crippen LogP contribution >= 0.6 is 11.6 Å². The molecule has 0 spiro atoms. The Labute approximate surface area is 139 Å². The molecule has 0 radical (unpaired) electrons. The van der Waals surface area contributed by atoms with Crippen molar-refractivity contribution in [3.63, 3.8) is 0 Å². The lowest BCUT2D eigenvalue weighted by Crippen LogP contribution is -2.14. The van der Waals surface area contributed by atoms with Crippen LogP contribution in [0.4, 0.5) is 11.6 Å². The first-order chi connectivity index (χ1) is 10.9. The molecule has 0 unspecified atom stereocenters. The molecule has 2 rings (SSSR count). The lowest BCUT2D eigenvalue weighted by molar-refractivity contribution is -0.112. The topological polar surface area (TPSA) is 69.3 Å². The third kappa shape index (κ3) is 4.15. The molecule has 6 heteroatoms. The number of hydrogen-bond acceptors (Lipinski definition) is 4. The zero-order valence-corrected chi connectivity index (χ0v) is 13.8. The third-order valence-electron chi connectivity index (χ3n) is 3.15. The highest BCUT2D eigenvalue weighted by Crippen LogP contribution is 2.22. The summed E-state index contributed by atoms with van der Waals surface area (Å²) < 4.78 is 5.52. The van der Waals surface area contributed by atoms with Crippen molar-refractivity contribution < 1.29 is 9.21 Å². The Hall–Kier alpha value is -2.71. The zero-order chi connectivity index (χ0) is 17.0. The fraction of sp³-hybridized carbons (Fsp3) is 0.176. The van der Waals surface area contributed by atoms with Crippen molar-refractivity contribution in [1.29, 1.82) is 5.26 Å². The van der Waals surface area contributed by atoms with Crippen molar-refractivity contribution in [2.24, 2.45) is 0 Å². The van der Waals surface area contributed by atoms with Gasteiger partial charge in [0.2, 0.25) is 0 Å². The first-order valence-electron chi connectivity index (χ1n) is 6.87. The maximum absolute atomic E-state index is 12.3. The van der Waals surface area contributed by atoms with Gasteiger partial charge in [-0.2, -0.15) is 5.26 Å². The van der Waals surface area contributed by atoms with Crippen molar-refractivity contribution in [3.8, 4) is 6.07 Å². The van der Waals surface area contributed by atoms with E-state index in [1.165, 1.54) is 6.08 Å². The molecule has 1 heterocycles. The lowest BCUT2D eigenvalue weighted by atomic mass is 10.1. The van der Waals surface area contributed by atoms with Gasteiger partial charge >= 0.3 is 0 Å². The fourth-order valence-electron chi connectivity index (χ4n) is 1.87. The van der Waals surface area contributed by atoms with Crippen molar-refractivity contribution in [1.82, 2.24) is 0 Å². The minimum absolute atomic E-state index is 0.0518. The van der Waals surface area contributed by atoms with E-state index in [1.54, 1.807) is 35.2 Å². The maximum atomic E-state index is 12.3. The molecule has 1 aromatic heterocycles. The summed E-state index contributed by atoms with van der Waals surface area (Å²) in [6.45, 7) is 1.84. The number of nitriles is 1. The molecule has 0 saturated heterocycles. The van der Waals surface area contributed by atoms with Crippen LogP contribution in [-0.4, -0.2) is 20.0 Å². The number of rotatable bonds is 4. The molecule has 0 aliphatic heterocycles. The number of carbonyl (C=O) groups excluding carboxylic acids is 1. The molecule has 5 nitrogen and oxygen atoms in total. The highest BCUT2D eigenvalue weighted by molar-refractivity contribution is 6.31. The molecule has 0 aliphatic carbocycles. The number of anilines is 2. The van der Waals surface area contributed by atoms with Gasteiger partial charge in [-0.3, -0.25) is 4.79 Å². The van der Waals surface area contributed by atoms with Gasteiger partial charge in [-0.25, -0.2) is 0 Å². The van der Waals surface area contributed by atoms with Crippen LogP contribution in [0.3, 0.4) is 0 Å². The summed E-state index contributed by atoms with van der Waals surface area (Å²) in [5.74, 6) is 0.559. The molecular formula is C17H16ClN3O2. The molecule has 118 valence electrons. The molecule has 0 bridgehead atoms. The van der Waals surface area contributed by atoms with Crippen LogP contribution < -0.4 is 10.2 Å². The Kier molecular flexibility index (Phi) is 5.09. The second-order valence-corrected chi connectivity index (χ2v) is 5.59. The summed E-state index contributed by atoms with van der Waals surface area (Å²) in [4.78, 5) is 14.0. The van der Waals surface area contributed by atoms with Gasteiger partial charge in [0.25, 0.3) is 5.91 Å². The van der Waals surface area contributed by atoms with E-state index in [1.807, 2.05) is 27.1 Å². The quantitative estimate of drug-likeness (QED) is 0.683. The summed E-state index contributed by atoms with van der Waals surface area (Å²) in [5, 5.41) is 12.4. The van der Waals surface area contributed by atoms with Gasteiger partial charge in [0.1, 0.15) is 17.4 Å². The van der Waals surface area contributed by atoms with Gasteiger partial charge in [-0.1, -0.05) is 17.7 Å². The highest BCUT2D eigenvalue weighted by atomic mass is 35.5. The van der Waals surface area contributed by atoms with E-state index in [0.717, 1.165) is 5.56 Å². The van der Waals surface area contributed by atoms with E-state index in [4.69, 9.17) is 16.0 Å². The average Bonchev–Trinajstić information content (AvgIpc) is 2.97. The standard InChI is InChI=1S/C17H16ClN3O2/c1-11-4-5-13(18)9-15(11)20-17(22)12(10-19)8-14-6-7-16(23-14)21(2)3/h4-9H,1-3H3,(H,20,22)/b12-8+. The SMILES string of the molecule is Cc1ccc(Cl)cc1NC(=O)/C(C#N)=C/c1ccc(N(C)C)o1. The van der Waals surface area contributed by atoms with Crippen molar-refractivity contribution in [2.45, 2.75) is 6.92 Å². The molecular weight excluding hydrogens is 314 g/mol. The number of amides is 1. The summed E-state index contributed by atoms with van der Waals surface area (Å²) in [6.07, 6.45) is 1.40. The minimum Gasteiger partial charge on any atom is -0.441 e. The summed E-state index contributed by atoms with van der Waals surface area (Å²) in [5.41, 5.74) is 1.37. The molecule has 23 heavy (non-hydrogen) atoms. The van der Waals surface area contributed by atoms with E-state index < -0.39 is 5.91 Å². The van der Waals surface area contributed by atoms with Gasteiger partial charge in [0, 0.05) is 36.9 Å². The number of nitrogens with zero attached hydrogens (tertiary/aromatic N) is 2. The van der Waals surface area contributed by atoms with E-state index in [0.29, 0.717) is 22.4 Å². The average molecular weight is 330 g/mol. The largest absolute Gasteiger partial charge is 0.441 e. The molecule has 0 saturated carbocycles. The molecule has 2 aromatic rings. The van der Waals surface area contributed by atoms with Crippen LogP contribution in [0.5, 0.6) is 0 Å². The van der Waals surface area contributed by atoms with E-state index in [9.17, 15) is 10.1 Å². The van der Waals surface area contributed by atoms with Crippen LogP contribution in [0.25, 0.3) is 6.08 Å². The summed E-state index contributed by atoms with van der Waals surface area (Å²) in [6, 6.07) is 10.5. The predicted molar refractivity (Wildman–Crippen MR) is 91.4 cm³/mol. The van der Waals surface area contributed by atoms with Crippen LogP contribution in [0.2, 0.25) is 5.02 Å². The van der Waals surface area contributed by atoms with Crippen LogP contribution in [0.15, 0.2) is 40.3 Å². The number of halogens is 1. The van der Waals surface area contributed by atoms with Gasteiger partial charge in [0.15, 0.2) is 5.88 Å². The first-order valence-corrected chi connectivity index (χ1v) is 7.25. The highest BCUT2D eigenvalue weighted by Gasteiger charge is 2.12. The molecule has 1 aromatic carbocycles. The maximum Gasteiger partial charge on any atom is 0.266 e. The number of carbonyl (C=O) groups is 1. The number of furan rings is 1. The first kappa shape index (κ1) is 16.7. The van der Waals surface area contributed by atoms with Gasteiger partial charge in [0.05, 0.1) is 0 Å². The number of hydrogen-bond donors (Lipinski definition) is 1. The summed E-state index contributed by atoms with van der Waals surface area (Å²) >= 11 is 5.93. The molecule has 1 N–H and O–H groups in total. The van der Waals surface area contributed by atoms with Gasteiger partial charge in [-0.05, 0) is 30.7 Å². The van der Waals surface area contributed by atoms with Crippen LogP contribution in [-0.2, 0) is 4.79 Å². The van der Waals surface area contributed by atoms with Crippen LogP contribution in [0.1, 0.15) is 11.3 Å². The molecule has 0 fully saturated rings. The number of benzene rings is 1. The molecule has 0 atom stereocenters. The monoisotopic (exact) mass is 329 g/mol. The second kappa shape index (κ2) is 7.03. The zero-order valence-electron chi connectivity index (χ0n) is 13.1. The number of aryl methyl sites for hydroxylation is 1. The fourth-order valence-corrected chi connectivity index (χ4v) is 2.04. The van der Waals surface area contributed by atoms with Crippen molar-refractivity contribution in [2.75, 3.05) is 24.3 Å². The Morgan fingerprint density at radius 1 is 1.35 bits per heavy atom.